The van der Waals surface area contributed by atoms with Crippen molar-refractivity contribution in [3.63, 3.8) is 0 Å². The SMILES string of the molecule is CCCN=N/C(=C\CCNCCC1(c2ccccn2)CCOC2(CCCC2)C1)OC. The third-order valence-electron chi connectivity index (χ3n) is 6.49. The molecule has 1 aliphatic carbocycles. The Morgan fingerprint density at radius 3 is 2.87 bits per heavy atom. The van der Waals surface area contributed by atoms with Gasteiger partial charge in [-0.15, -0.1) is 5.11 Å². The topological polar surface area (TPSA) is 68.1 Å². The van der Waals surface area contributed by atoms with E-state index in [9.17, 15) is 0 Å². The van der Waals surface area contributed by atoms with Crippen LogP contribution in [0.2, 0.25) is 0 Å². The zero-order chi connectivity index (χ0) is 21.1. The van der Waals surface area contributed by atoms with Gasteiger partial charge in [-0.1, -0.05) is 25.8 Å². The van der Waals surface area contributed by atoms with Gasteiger partial charge in [-0.2, -0.15) is 5.11 Å². The summed E-state index contributed by atoms with van der Waals surface area (Å²) < 4.78 is 11.6. The van der Waals surface area contributed by atoms with E-state index in [2.05, 4.69) is 34.6 Å². The summed E-state index contributed by atoms with van der Waals surface area (Å²) in [5, 5.41) is 11.8. The second-order valence-corrected chi connectivity index (χ2v) is 8.66. The van der Waals surface area contributed by atoms with Crippen molar-refractivity contribution < 1.29 is 9.47 Å². The van der Waals surface area contributed by atoms with Gasteiger partial charge in [0.25, 0.3) is 0 Å². The number of hydrogen-bond acceptors (Lipinski definition) is 6. The molecule has 2 heterocycles. The summed E-state index contributed by atoms with van der Waals surface area (Å²) in [7, 11) is 1.64. The van der Waals surface area contributed by atoms with Crippen LogP contribution in [0.4, 0.5) is 0 Å². The standard InChI is InChI=1S/C24H38N4O2/c1-3-15-27-28-22(29-2)10-8-16-25-18-13-23(21-9-4-7-17-26-21)14-19-30-24(20-23)11-5-6-12-24/h4,7,9-10,17,25H,3,5-6,8,11-16,18-20H2,1-2H3/b22-10+,28-27?. The zero-order valence-corrected chi connectivity index (χ0v) is 18.7. The lowest BCUT2D eigenvalue weighted by Gasteiger charge is -2.46. The van der Waals surface area contributed by atoms with E-state index >= 15 is 0 Å². The van der Waals surface area contributed by atoms with E-state index in [1.807, 2.05) is 18.3 Å². The van der Waals surface area contributed by atoms with Gasteiger partial charge in [0.05, 0.1) is 19.3 Å². The van der Waals surface area contributed by atoms with Gasteiger partial charge in [-0.25, -0.2) is 0 Å². The minimum Gasteiger partial charge on any atom is -0.480 e. The lowest BCUT2D eigenvalue weighted by molar-refractivity contribution is -0.104. The third-order valence-corrected chi connectivity index (χ3v) is 6.49. The Morgan fingerprint density at radius 2 is 2.13 bits per heavy atom. The summed E-state index contributed by atoms with van der Waals surface area (Å²) in [6, 6.07) is 6.35. The van der Waals surface area contributed by atoms with Crippen LogP contribution in [0.3, 0.4) is 0 Å². The number of hydrogen-bond donors (Lipinski definition) is 1. The number of rotatable bonds is 11. The predicted octanol–water partition coefficient (Wildman–Crippen LogP) is 5.16. The molecule has 1 aromatic rings. The largest absolute Gasteiger partial charge is 0.480 e. The Bertz CT molecular complexity index is 686. The Labute approximate surface area is 181 Å². The molecule has 1 spiro atoms. The van der Waals surface area contributed by atoms with E-state index in [-0.39, 0.29) is 11.0 Å². The van der Waals surface area contributed by atoms with Gasteiger partial charge in [-0.05, 0) is 76.2 Å². The lowest BCUT2D eigenvalue weighted by atomic mass is 9.68. The minimum absolute atomic E-state index is 0.0787. The molecule has 1 unspecified atom stereocenters. The van der Waals surface area contributed by atoms with Gasteiger partial charge in [0.2, 0.25) is 5.88 Å². The molecule has 6 heteroatoms. The van der Waals surface area contributed by atoms with E-state index in [0.717, 1.165) is 58.3 Å². The molecule has 3 rings (SSSR count). The quantitative estimate of drug-likeness (QED) is 0.308. The summed E-state index contributed by atoms with van der Waals surface area (Å²) in [4.78, 5) is 4.78. The lowest BCUT2D eigenvalue weighted by Crippen LogP contribution is -2.47. The molecule has 1 saturated heterocycles. The number of azo groups is 1. The number of ether oxygens (including phenoxy) is 2. The molecule has 1 aliphatic heterocycles. The molecule has 2 fully saturated rings. The van der Waals surface area contributed by atoms with E-state index < -0.39 is 0 Å². The number of aromatic nitrogens is 1. The second-order valence-electron chi connectivity index (χ2n) is 8.66. The Morgan fingerprint density at radius 1 is 1.27 bits per heavy atom. The van der Waals surface area contributed by atoms with E-state index in [4.69, 9.17) is 14.5 Å². The number of nitrogens with one attached hydrogen (secondary N) is 1. The molecule has 166 valence electrons. The fourth-order valence-electron chi connectivity index (χ4n) is 4.93. The molecule has 1 atom stereocenters. The summed E-state index contributed by atoms with van der Waals surface area (Å²) in [5.41, 5.74) is 1.42. The molecule has 0 aromatic carbocycles. The number of methoxy groups -OCH3 is 1. The van der Waals surface area contributed by atoms with Gasteiger partial charge in [-0.3, -0.25) is 4.98 Å². The first kappa shape index (κ1) is 22.9. The van der Waals surface area contributed by atoms with Crippen molar-refractivity contribution in [1.82, 2.24) is 10.3 Å². The molecule has 0 radical (unpaired) electrons. The molecule has 6 nitrogen and oxygen atoms in total. The van der Waals surface area contributed by atoms with Crippen LogP contribution < -0.4 is 5.32 Å². The van der Waals surface area contributed by atoms with Gasteiger partial charge in [0.15, 0.2) is 0 Å². The minimum atomic E-state index is 0.0787. The maximum atomic E-state index is 6.34. The number of nitrogens with zero attached hydrogens (tertiary/aromatic N) is 3. The van der Waals surface area contributed by atoms with Gasteiger partial charge in [0.1, 0.15) is 0 Å². The van der Waals surface area contributed by atoms with Crippen molar-refractivity contribution in [1.29, 1.82) is 0 Å². The molecular weight excluding hydrogens is 376 g/mol. The van der Waals surface area contributed by atoms with Crippen LogP contribution in [0.15, 0.2) is 46.6 Å². The first-order valence-corrected chi connectivity index (χ1v) is 11.6. The fourth-order valence-corrected chi connectivity index (χ4v) is 4.93. The molecule has 1 N–H and O–H groups in total. The molecule has 2 aliphatic rings. The van der Waals surface area contributed by atoms with Gasteiger partial charge >= 0.3 is 0 Å². The van der Waals surface area contributed by atoms with Crippen molar-refractivity contribution in [3.05, 3.63) is 42.0 Å². The number of pyridine rings is 1. The Hall–Kier alpha value is -1.79. The predicted molar refractivity (Wildman–Crippen MR) is 120 cm³/mol. The van der Waals surface area contributed by atoms with Crippen LogP contribution in [0.1, 0.15) is 70.4 Å². The monoisotopic (exact) mass is 414 g/mol. The van der Waals surface area contributed by atoms with Crippen molar-refractivity contribution >= 4 is 0 Å². The molecule has 0 bridgehead atoms. The second kappa shape index (κ2) is 11.6. The average molecular weight is 415 g/mol. The van der Waals surface area contributed by atoms with Crippen LogP contribution in [0.5, 0.6) is 0 Å². The van der Waals surface area contributed by atoms with Crippen LogP contribution >= 0.6 is 0 Å². The van der Waals surface area contributed by atoms with Crippen molar-refractivity contribution in [3.8, 4) is 0 Å². The normalized spacial score (nSPS) is 24.0. The summed E-state index contributed by atoms with van der Waals surface area (Å²) >= 11 is 0. The first-order chi connectivity index (χ1) is 14.7. The third kappa shape index (κ3) is 6.11. The summed E-state index contributed by atoms with van der Waals surface area (Å²) in [5.74, 6) is 0.600. The fraction of sp³-hybridized carbons (Fsp3) is 0.708. The molecule has 1 saturated carbocycles. The van der Waals surface area contributed by atoms with E-state index in [1.165, 1.54) is 31.4 Å². The highest BCUT2D eigenvalue weighted by Gasteiger charge is 2.48. The van der Waals surface area contributed by atoms with Crippen LogP contribution in [0, 0.1) is 0 Å². The van der Waals surface area contributed by atoms with Gasteiger partial charge < -0.3 is 14.8 Å². The highest BCUT2D eigenvalue weighted by molar-refractivity contribution is 5.20. The maximum absolute atomic E-state index is 6.34. The van der Waals surface area contributed by atoms with E-state index in [0.29, 0.717) is 5.88 Å². The van der Waals surface area contributed by atoms with Gasteiger partial charge in [0, 0.05) is 23.9 Å². The molecular formula is C24H38N4O2. The smallest absolute Gasteiger partial charge is 0.228 e. The van der Waals surface area contributed by atoms with Crippen LogP contribution in [-0.2, 0) is 14.9 Å². The van der Waals surface area contributed by atoms with E-state index in [1.54, 1.807) is 7.11 Å². The summed E-state index contributed by atoms with van der Waals surface area (Å²) in [6.45, 7) is 5.54. The summed E-state index contributed by atoms with van der Waals surface area (Å²) in [6.07, 6.45) is 14.0. The van der Waals surface area contributed by atoms with Crippen molar-refractivity contribution in [2.45, 2.75) is 75.7 Å². The van der Waals surface area contributed by atoms with Crippen LogP contribution in [0.25, 0.3) is 0 Å². The Balaban J connectivity index is 1.55. The van der Waals surface area contributed by atoms with Crippen LogP contribution in [-0.4, -0.2) is 43.9 Å². The average Bonchev–Trinajstić information content (AvgIpc) is 3.22. The highest BCUT2D eigenvalue weighted by atomic mass is 16.5. The zero-order valence-electron chi connectivity index (χ0n) is 18.7. The molecule has 0 amide bonds. The Kier molecular flexibility index (Phi) is 8.82. The maximum Gasteiger partial charge on any atom is 0.228 e. The van der Waals surface area contributed by atoms with Crippen molar-refractivity contribution in [2.24, 2.45) is 10.2 Å². The molecule has 1 aromatic heterocycles. The van der Waals surface area contributed by atoms with Crippen molar-refractivity contribution in [2.75, 3.05) is 33.4 Å². The molecule has 30 heavy (non-hydrogen) atoms. The first-order valence-electron chi connectivity index (χ1n) is 11.6. The highest BCUT2D eigenvalue weighted by Crippen LogP contribution is 2.49.